The first-order valence-electron chi connectivity index (χ1n) is 6.43. The summed E-state index contributed by atoms with van der Waals surface area (Å²) in [6.45, 7) is -0.921. The Kier molecular flexibility index (Phi) is 7.14. The Morgan fingerprint density at radius 1 is 1.57 bits per heavy atom. The SMILES string of the molecule is O=C1C(O)N(C(=S)[S-])C(CO)(C(=O)O)C1CC1=CCC=CO1.[Na+]. The van der Waals surface area contributed by atoms with Crippen molar-refractivity contribution >= 4 is 40.9 Å². The van der Waals surface area contributed by atoms with Gasteiger partial charge in [0.1, 0.15) is 5.76 Å². The summed E-state index contributed by atoms with van der Waals surface area (Å²) >= 11 is 9.55. The van der Waals surface area contributed by atoms with E-state index in [1.165, 1.54) is 6.26 Å². The molecule has 0 radical (unpaired) electrons. The van der Waals surface area contributed by atoms with Crippen molar-refractivity contribution in [3.05, 3.63) is 24.2 Å². The number of Topliss-reactive ketones (excluding diaryl/α,β-unsaturated/α-hetero) is 1. The normalized spacial score (nSPS) is 29.6. The molecule has 0 spiro atoms. The number of aliphatic hydroxyl groups is 2. The predicted molar refractivity (Wildman–Crippen MR) is 81.3 cm³/mol. The van der Waals surface area contributed by atoms with E-state index in [0.717, 1.165) is 0 Å². The van der Waals surface area contributed by atoms with Gasteiger partial charge in [0.25, 0.3) is 0 Å². The van der Waals surface area contributed by atoms with Gasteiger partial charge >= 0.3 is 35.5 Å². The molecule has 0 amide bonds. The van der Waals surface area contributed by atoms with Crippen LogP contribution in [0.3, 0.4) is 0 Å². The van der Waals surface area contributed by atoms with Crippen LogP contribution in [-0.2, 0) is 27.0 Å². The summed E-state index contributed by atoms with van der Waals surface area (Å²) in [5.41, 5.74) is -2.10. The van der Waals surface area contributed by atoms with Gasteiger partial charge in [-0.1, -0.05) is 4.32 Å². The number of carbonyl (C=O) groups excluding carboxylic acids is 1. The van der Waals surface area contributed by atoms with Crippen molar-refractivity contribution in [1.29, 1.82) is 0 Å². The van der Waals surface area contributed by atoms with Gasteiger partial charge in [0.15, 0.2) is 17.6 Å². The van der Waals surface area contributed by atoms with Gasteiger partial charge in [0.2, 0.25) is 0 Å². The van der Waals surface area contributed by atoms with Crippen molar-refractivity contribution in [2.45, 2.75) is 24.6 Å². The summed E-state index contributed by atoms with van der Waals surface area (Å²) in [5, 5.41) is 29.3. The zero-order chi connectivity index (χ0) is 16.5. The number of aliphatic carboxylic acids is 1. The van der Waals surface area contributed by atoms with Crippen LogP contribution in [0.2, 0.25) is 0 Å². The molecule has 23 heavy (non-hydrogen) atoms. The molecule has 3 atom stereocenters. The third kappa shape index (κ3) is 3.46. The monoisotopic (exact) mass is 367 g/mol. The molecule has 10 heteroatoms. The zero-order valence-electron chi connectivity index (χ0n) is 12.3. The van der Waals surface area contributed by atoms with E-state index in [0.29, 0.717) is 17.1 Å². The van der Waals surface area contributed by atoms with Gasteiger partial charge in [-0.15, -0.1) is 0 Å². The minimum Gasteiger partial charge on any atom is -0.479 e. The van der Waals surface area contributed by atoms with Crippen LogP contribution in [0.25, 0.3) is 0 Å². The van der Waals surface area contributed by atoms with Gasteiger partial charge in [0.05, 0.1) is 18.8 Å². The fourth-order valence-corrected chi connectivity index (χ4v) is 3.26. The number of carbonyl (C=O) groups is 2. The van der Waals surface area contributed by atoms with Crippen LogP contribution < -0.4 is 29.6 Å². The van der Waals surface area contributed by atoms with Gasteiger partial charge in [-0.25, -0.2) is 4.79 Å². The number of carboxylic acids is 1. The van der Waals surface area contributed by atoms with Crippen LogP contribution in [0.5, 0.6) is 0 Å². The topological polar surface area (TPSA) is 107 Å². The second kappa shape index (κ2) is 8.02. The van der Waals surface area contributed by atoms with E-state index < -0.39 is 40.4 Å². The number of ketones is 1. The second-order valence-corrected chi connectivity index (χ2v) is 5.98. The first-order chi connectivity index (χ1) is 10.4. The van der Waals surface area contributed by atoms with Gasteiger partial charge in [-0.2, -0.15) is 0 Å². The van der Waals surface area contributed by atoms with Gasteiger partial charge < -0.3 is 49.8 Å². The molecule has 0 aromatic heterocycles. The summed E-state index contributed by atoms with van der Waals surface area (Å²) in [7, 11) is 0. The number of carboxylic acid groups (broad SMARTS) is 1. The standard InChI is InChI=1S/C13H15NO6S2.Na/c15-6-13(11(18)19)8(5-7-3-1-2-4-20-7)9(16)10(17)14(13)12(21)22;/h2-4,8,10,15,17H,1,5-6H2,(H,18,19)(H,21,22);/q;+1/p-1. The van der Waals surface area contributed by atoms with Crippen LogP contribution in [-0.4, -0.2) is 54.7 Å². The van der Waals surface area contributed by atoms with Crippen molar-refractivity contribution in [2.24, 2.45) is 5.92 Å². The molecule has 3 unspecified atom stereocenters. The Hall–Kier alpha value is -0.550. The maximum absolute atomic E-state index is 12.3. The second-order valence-electron chi connectivity index (χ2n) is 4.95. The molecule has 1 fully saturated rings. The maximum atomic E-state index is 12.3. The fourth-order valence-electron chi connectivity index (χ4n) is 2.74. The Labute approximate surface area is 165 Å². The Morgan fingerprint density at radius 3 is 2.65 bits per heavy atom. The molecule has 0 aliphatic carbocycles. The number of thiocarbonyl (C=S) groups is 1. The molecule has 0 aromatic carbocycles. The van der Waals surface area contributed by atoms with E-state index in [4.69, 9.17) is 29.6 Å². The molecule has 3 N–H and O–H groups in total. The summed E-state index contributed by atoms with van der Waals surface area (Å²) in [6, 6.07) is 0. The Bertz CT molecular complexity index is 581. The van der Waals surface area contributed by atoms with E-state index in [2.05, 4.69) is 0 Å². The summed E-state index contributed by atoms with van der Waals surface area (Å²) < 4.78 is 4.84. The molecule has 1 saturated heterocycles. The maximum Gasteiger partial charge on any atom is 1.00 e. The summed E-state index contributed by atoms with van der Waals surface area (Å²) in [5.74, 6) is -3.08. The van der Waals surface area contributed by atoms with Gasteiger partial charge in [-0.3, -0.25) is 4.79 Å². The third-order valence-electron chi connectivity index (χ3n) is 3.86. The molecule has 7 nitrogen and oxygen atoms in total. The predicted octanol–water partition coefficient (Wildman–Crippen LogP) is -3.33. The molecule has 120 valence electrons. The molecule has 0 aromatic rings. The molecule has 0 saturated carbocycles. The molecular weight excluding hydrogens is 353 g/mol. The van der Waals surface area contributed by atoms with Crippen molar-refractivity contribution in [2.75, 3.05) is 6.61 Å². The largest absolute Gasteiger partial charge is 1.00 e. The van der Waals surface area contributed by atoms with Gasteiger partial charge in [-0.05, 0) is 18.6 Å². The minimum absolute atomic E-state index is 0. The Morgan fingerprint density at radius 2 is 2.22 bits per heavy atom. The van der Waals surface area contributed by atoms with Crippen LogP contribution in [0.1, 0.15) is 12.8 Å². The average molecular weight is 367 g/mol. The molecular formula is C13H14NNaO6S2. The quantitative estimate of drug-likeness (QED) is 0.267. The van der Waals surface area contributed by atoms with Crippen molar-refractivity contribution < 1.29 is 59.2 Å². The van der Waals surface area contributed by atoms with Gasteiger partial charge in [0, 0.05) is 6.42 Å². The number of nitrogens with zero attached hydrogens (tertiary/aromatic N) is 1. The van der Waals surface area contributed by atoms with E-state index in [1.807, 2.05) is 0 Å². The minimum atomic E-state index is -2.10. The average Bonchev–Trinajstić information content (AvgIpc) is 2.70. The van der Waals surface area contributed by atoms with E-state index in [1.54, 1.807) is 12.2 Å². The number of likely N-dealkylation sites (tertiary alicyclic amines) is 1. The number of hydrogen-bond acceptors (Lipinski definition) is 7. The number of allylic oxidation sites excluding steroid dienone is 3. The van der Waals surface area contributed by atoms with Crippen LogP contribution in [0.4, 0.5) is 0 Å². The number of ether oxygens (including phenoxy) is 1. The van der Waals surface area contributed by atoms with Crippen LogP contribution in [0, 0.1) is 5.92 Å². The first kappa shape index (κ1) is 20.5. The molecule has 2 rings (SSSR count). The van der Waals surface area contributed by atoms with Crippen LogP contribution in [0.15, 0.2) is 24.2 Å². The molecule has 2 aliphatic heterocycles. The smallest absolute Gasteiger partial charge is 0.479 e. The third-order valence-corrected chi connectivity index (χ3v) is 4.25. The molecule has 2 aliphatic rings. The molecule has 2 heterocycles. The first-order valence-corrected chi connectivity index (χ1v) is 7.25. The van der Waals surface area contributed by atoms with E-state index >= 15 is 0 Å². The van der Waals surface area contributed by atoms with Crippen molar-refractivity contribution in [3.8, 4) is 0 Å². The summed E-state index contributed by atoms with van der Waals surface area (Å²) in [4.78, 5) is 24.8. The van der Waals surface area contributed by atoms with Crippen molar-refractivity contribution in [3.63, 3.8) is 0 Å². The fraction of sp³-hybridized carbons (Fsp3) is 0.462. The Balaban J connectivity index is 0.00000264. The van der Waals surface area contributed by atoms with E-state index in [-0.39, 0.29) is 36.0 Å². The summed E-state index contributed by atoms with van der Waals surface area (Å²) in [6.07, 6.45) is 3.58. The zero-order valence-corrected chi connectivity index (χ0v) is 16.0. The van der Waals surface area contributed by atoms with Crippen molar-refractivity contribution in [1.82, 2.24) is 4.90 Å². The number of hydrogen-bond donors (Lipinski definition) is 3. The van der Waals surface area contributed by atoms with E-state index in [9.17, 15) is 24.9 Å². The van der Waals surface area contributed by atoms with Crippen LogP contribution >= 0.6 is 12.2 Å². The molecule has 0 bridgehead atoms. The number of rotatable bonds is 4. The number of aliphatic hydroxyl groups excluding tert-OH is 2.